The zero-order chi connectivity index (χ0) is 30.2. The van der Waals surface area contributed by atoms with Gasteiger partial charge in [-0.1, -0.05) is 34.6 Å². The second kappa shape index (κ2) is 9.58. The smallest absolute Gasteiger partial charge is 0.186 e. The van der Waals surface area contributed by atoms with Crippen LogP contribution in [0.4, 0.5) is 0 Å². The molecule has 5 aliphatic carbocycles. The van der Waals surface area contributed by atoms with Gasteiger partial charge in [0.2, 0.25) is 0 Å². The monoisotopic (exact) mass is 594 g/mol. The van der Waals surface area contributed by atoms with Gasteiger partial charge in [0, 0.05) is 5.41 Å². The zero-order valence-electron chi connectivity index (χ0n) is 26.0. The van der Waals surface area contributed by atoms with Crippen molar-refractivity contribution in [3.63, 3.8) is 0 Å². The van der Waals surface area contributed by atoms with E-state index in [0.29, 0.717) is 17.8 Å². The van der Waals surface area contributed by atoms with Gasteiger partial charge in [-0.2, -0.15) is 0 Å². The van der Waals surface area contributed by atoms with E-state index < -0.39 is 48.8 Å². The predicted octanol–water partition coefficient (Wildman–Crippen LogP) is 1.98. The Hall–Kier alpha value is -0.360. The van der Waals surface area contributed by atoms with Crippen LogP contribution in [0.15, 0.2) is 0 Å². The second-order valence-corrected chi connectivity index (χ2v) is 16.9. The fourth-order valence-corrected chi connectivity index (χ4v) is 13.0. The van der Waals surface area contributed by atoms with Crippen LogP contribution >= 0.6 is 0 Å². The summed E-state index contributed by atoms with van der Waals surface area (Å²) in [6, 6.07) is 0. The lowest BCUT2D eigenvalue weighted by molar-refractivity contribution is -0.346. The Morgan fingerprint density at radius 3 is 2.24 bits per heavy atom. The van der Waals surface area contributed by atoms with E-state index in [2.05, 4.69) is 34.6 Å². The summed E-state index contributed by atoms with van der Waals surface area (Å²) in [6.45, 7) is 11.9. The van der Waals surface area contributed by atoms with Gasteiger partial charge in [0.25, 0.3) is 0 Å². The third-order valence-electron chi connectivity index (χ3n) is 15.1. The Balaban J connectivity index is 1.28. The summed E-state index contributed by atoms with van der Waals surface area (Å²) >= 11 is 0. The molecule has 9 heteroatoms. The molecule has 2 aliphatic heterocycles. The van der Waals surface area contributed by atoms with Gasteiger partial charge in [0.05, 0.1) is 37.6 Å². The summed E-state index contributed by atoms with van der Waals surface area (Å²) in [5.41, 5.74) is -0.633. The lowest BCUT2D eigenvalue weighted by Gasteiger charge is -2.73. The van der Waals surface area contributed by atoms with Crippen molar-refractivity contribution in [3.8, 4) is 0 Å². The molecule has 2 bridgehead atoms. The summed E-state index contributed by atoms with van der Waals surface area (Å²) in [5.74, 6) is 1.19. The van der Waals surface area contributed by atoms with E-state index in [-0.39, 0.29) is 45.9 Å². The Kier molecular flexibility index (Phi) is 6.91. The highest BCUT2D eigenvalue weighted by atomic mass is 16.7. The standard InChI is InChI=1S/C33H54O9/c1-29(2)21(36)8-9-30(3)20-7-6-16-22-26-17(35)12-33(22,15-40-26)11-10-31(16,4)32(20,5)13-18(27(29)30)41-28-25(39)24(38)23(37)19(14-34)42-28/h16-28,34-39H,6-15H2,1-5H3/t16-,17-,18+,19-,20-,21+,22+,23-,24+,25-,26+,27+,28-,30-,31-,32-,33+/m1/s1. The van der Waals surface area contributed by atoms with Crippen LogP contribution in [0.25, 0.3) is 0 Å². The number of rotatable bonds is 3. The molecule has 6 N–H and O–H groups in total. The van der Waals surface area contributed by atoms with Crippen LogP contribution in [-0.4, -0.2) is 99.0 Å². The average molecular weight is 595 g/mol. The van der Waals surface area contributed by atoms with Crippen molar-refractivity contribution in [2.24, 2.45) is 50.7 Å². The summed E-state index contributed by atoms with van der Waals surface area (Å²) in [7, 11) is 0. The first-order chi connectivity index (χ1) is 19.6. The van der Waals surface area contributed by atoms with Gasteiger partial charge < -0.3 is 44.8 Å². The number of aliphatic hydroxyl groups is 6. The highest BCUT2D eigenvalue weighted by molar-refractivity contribution is 5.23. The fraction of sp³-hybridized carbons (Fsp3) is 1.00. The first-order valence-corrected chi connectivity index (χ1v) is 16.6. The van der Waals surface area contributed by atoms with E-state index in [4.69, 9.17) is 14.2 Å². The molecule has 7 fully saturated rings. The van der Waals surface area contributed by atoms with Crippen LogP contribution in [0.1, 0.15) is 86.0 Å². The molecule has 0 aromatic rings. The van der Waals surface area contributed by atoms with E-state index in [1.807, 2.05) is 0 Å². The van der Waals surface area contributed by atoms with Crippen molar-refractivity contribution in [2.75, 3.05) is 13.2 Å². The number of hydrogen-bond donors (Lipinski definition) is 6. The van der Waals surface area contributed by atoms with Crippen LogP contribution in [0, 0.1) is 50.7 Å². The molecular weight excluding hydrogens is 540 g/mol. The molecule has 2 saturated heterocycles. The molecule has 0 spiro atoms. The van der Waals surface area contributed by atoms with Crippen LogP contribution in [0.2, 0.25) is 0 Å². The van der Waals surface area contributed by atoms with Crippen LogP contribution in [-0.2, 0) is 14.2 Å². The number of ether oxygens (including phenoxy) is 3. The van der Waals surface area contributed by atoms with Gasteiger partial charge >= 0.3 is 0 Å². The SMILES string of the molecule is CC1(C)[C@@H](O)CC[C@]2(C)[C@H]3CC[C@@H]4[C@H]5[C@H]6OC[C@]5(CC[C@@]4(C)[C@]3(C)C[C@H](O[C@@H]3O[C@H](CO)[C@@H](O)[C@H](O)[C@H]3O)[C@@H]12)C[C@H]6O. The van der Waals surface area contributed by atoms with Crippen LogP contribution in [0.3, 0.4) is 0 Å². The quantitative estimate of drug-likeness (QED) is 0.270. The van der Waals surface area contributed by atoms with Gasteiger partial charge in [-0.25, -0.2) is 0 Å². The fourth-order valence-electron chi connectivity index (χ4n) is 13.0. The molecule has 17 atom stereocenters. The van der Waals surface area contributed by atoms with Crippen LogP contribution < -0.4 is 0 Å². The lowest BCUT2D eigenvalue weighted by atomic mass is 9.32. The number of aliphatic hydroxyl groups excluding tert-OH is 6. The molecule has 7 rings (SSSR count). The summed E-state index contributed by atoms with van der Waals surface area (Å²) < 4.78 is 19.0. The van der Waals surface area contributed by atoms with Crippen molar-refractivity contribution in [1.29, 1.82) is 0 Å². The first-order valence-electron chi connectivity index (χ1n) is 16.6. The van der Waals surface area contributed by atoms with Crippen molar-refractivity contribution in [3.05, 3.63) is 0 Å². The molecule has 2 heterocycles. The Labute approximate surface area is 249 Å². The van der Waals surface area contributed by atoms with E-state index in [0.717, 1.165) is 58.0 Å². The minimum Gasteiger partial charge on any atom is -0.394 e. The minimum absolute atomic E-state index is 0.00866. The topological polar surface area (TPSA) is 149 Å². The number of fused-ring (bicyclic) bond motifs is 5. The average Bonchev–Trinajstić information content (AvgIpc) is 3.44. The molecule has 7 aliphatic rings. The minimum atomic E-state index is -1.50. The van der Waals surface area contributed by atoms with Gasteiger partial charge in [-0.05, 0) is 96.7 Å². The van der Waals surface area contributed by atoms with Gasteiger partial charge in [-0.3, -0.25) is 0 Å². The molecule has 42 heavy (non-hydrogen) atoms. The third kappa shape index (κ3) is 3.69. The molecule has 9 nitrogen and oxygen atoms in total. The van der Waals surface area contributed by atoms with Gasteiger partial charge in [-0.15, -0.1) is 0 Å². The molecule has 0 amide bonds. The normalized spacial score (nSPS) is 61.6. The highest BCUT2D eigenvalue weighted by Gasteiger charge is 2.75. The number of hydrogen-bond acceptors (Lipinski definition) is 9. The van der Waals surface area contributed by atoms with Crippen molar-refractivity contribution in [2.45, 2.75) is 141 Å². The molecule has 240 valence electrons. The molecule has 0 aromatic heterocycles. The highest BCUT2D eigenvalue weighted by Crippen LogP contribution is 2.78. The van der Waals surface area contributed by atoms with E-state index in [1.165, 1.54) is 0 Å². The van der Waals surface area contributed by atoms with Gasteiger partial charge in [0.15, 0.2) is 6.29 Å². The molecule has 0 aromatic carbocycles. The summed E-state index contributed by atoms with van der Waals surface area (Å²) in [4.78, 5) is 0. The lowest BCUT2D eigenvalue weighted by Crippen LogP contribution is -2.70. The molecule has 0 unspecified atom stereocenters. The largest absolute Gasteiger partial charge is 0.394 e. The third-order valence-corrected chi connectivity index (χ3v) is 15.1. The van der Waals surface area contributed by atoms with E-state index in [9.17, 15) is 30.6 Å². The van der Waals surface area contributed by atoms with Crippen molar-refractivity contribution < 1.29 is 44.8 Å². The maximum absolute atomic E-state index is 11.3. The Morgan fingerprint density at radius 2 is 1.55 bits per heavy atom. The summed E-state index contributed by atoms with van der Waals surface area (Å²) in [5, 5.41) is 64.1. The molecular formula is C33H54O9. The maximum atomic E-state index is 11.3. The molecule has 0 radical (unpaired) electrons. The second-order valence-electron chi connectivity index (χ2n) is 16.9. The zero-order valence-corrected chi connectivity index (χ0v) is 26.0. The first kappa shape index (κ1) is 30.3. The Bertz CT molecular complexity index is 1070. The summed E-state index contributed by atoms with van der Waals surface area (Å²) in [6.07, 6.45) is -0.435. The van der Waals surface area contributed by atoms with E-state index in [1.54, 1.807) is 0 Å². The van der Waals surface area contributed by atoms with Crippen molar-refractivity contribution in [1.82, 2.24) is 0 Å². The van der Waals surface area contributed by atoms with E-state index >= 15 is 0 Å². The van der Waals surface area contributed by atoms with Crippen LogP contribution in [0.5, 0.6) is 0 Å². The van der Waals surface area contributed by atoms with Crippen molar-refractivity contribution >= 4 is 0 Å². The predicted molar refractivity (Wildman–Crippen MR) is 152 cm³/mol. The Morgan fingerprint density at radius 1 is 0.810 bits per heavy atom. The molecule has 5 saturated carbocycles. The van der Waals surface area contributed by atoms with Gasteiger partial charge in [0.1, 0.15) is 24.4 Å². The maximum Gasteiger partial charge on any atom is 0.186 e.